The number of hydrogen-bond acceptors (Lipinski definition) is 3. The Hall–Kier alpha value is -1.35. The molecule has 0 radical (unpaired) electrons. The van der Waals surface area contributed by atoms with Crippen molar-refractivity contribution in [2.24, 2.45) is 0 Å². The molecule has 0 bridgehead atoms. The SMILES string of the molecule is C#CCSCCNC(=O)NC(C)CCCC(=O)O. The average molecular weight is 272 g/mol. The summed E-state index contributed by atoms with van der Waals surface area (Å²) in [7, 11) is 0. The number of carbonyl (C=O) groups excluding carboxylic acids is 1. The van der Waals surface area contributed by atoms with Crippen LogP contribution in [0.25, 0.3) is 0 Å². The van der Waals surface area contributed by atoms with Crippen LogP contribution in [0.2, 0.25) is 0 Å². The molecule has 0 aromatic rings. The highest BCUT2D eigenvalue weighted by molar-refractivity contribution is 7.99. The third kappa shape index (κ3) is 11.1. The van der Waals surface area contributed by atoms with Gasteiger partial charge in [0.1, 0.15) is 0 Å². The second-order valence-corrected chi connectivity index (χ2v) is 4.95. The third-order valence-corrected chi connectivity index (χ3v) is 2.99. The Morgan fingerprint density at radius 3 is 2.83 bits per heavy atom. The van der Waals surface area contributed by atoms with Crippen molar-refractivity contribution in [3.8, 4) is 12.3 Å². The standard InChI is InChI=1S/C12H20N2O3S/c1-3-8-18-9-7-13-12(17)14-10(2)5-4-6-11(15)16/h1,10H,4-9H2,2H3,(H,15,16)(H2,13,14,17). The first-order valence-electron chi connectivity index (χ1n) is 5.83. The van der Waals surface area contributed by atoms with Crippen LogP contribution in [-0.4, -0.2) is 41.2 Å². The molecule has 0 aliphatic rings. The van der Waals surface area contributed by atoms with Gasteiger partial charge in [0.25, 0.3) is 0 Å². The van der Waals surface area contributed by atoms with E-state index in [1.165, 1.54) is 0 Å². The zero-order valence-electron chi connectivity index (χ0n) is 10.6. The topological polar surface area (TPSA) is 78.4 Å². The fourth-order valence-corrected chi connectivity index (χ4v) is 1.78. The molecular weight excluding hydrogens is 252 g/mol. The van der Waals surface area contributed by atoms with Crippen LogP contribution in [0.3, 0.4) is 0 Å². The van der Waals surface area contributed by atoms with Crippen LogP contribution in [0.4, 0.5) is 4.79 Å². The largest absolute Gasteiger partial charge is 0.481 e. The number of thioether (sulfide) groups is 1. The van der Waals surface area contributed by atoms with Crippen molar-refractivity contribution in [3.63, 3.8) is 0 Å². The molecule has 2 amide bonds. The minimum atomic E-state index is -0.808. The highest BCUT2D eigenvalue weighted by Gasteiger charge is 2.07. The maximum absolute atomic E-state index is 11.4. The number of urea groups is 1. The van der Waals surface area contributed by atoms with E-state index < -0.39 is 5.97 Å². The lowest BCUT2D eigenvalue weighted by atomic mass is 10.1. The summed E-state index contributed by atoms with van der Waals surface area (Å²) in [5.41, 5.74) is 0. The van der Waals surface area contributed by atoms with Gasteiger partial charge < -0.3 is 15.7 Å². The van der Waals surface area contributed by atoms with Crippen molar-refractivity contribution in [1.29, 1.82) is 0 Å². The smallest absolute Gasteiger partial charge is 0.315 e. The fourth-order valence-electron chi connectivity index (χ4n) is 1.27. The molecule has 0 saturated heterocycles. The lowest BCUT2D eigenvalue weighted by molar-refractivity contribution is -0.137. The summed E-state index contributed by atoms with van der Waals surface area (Å²) in [6, 6.07) is -0.248. The second-order valence-electron chi connectivity index (χ2n) is 3.84. The van der Waals surface area contributed by atoms with Crippen LogP contribution in [0.1, 0.15) is 26.2 Å². The van der Waals surface area contributed by atoms with Gasteiger partial charge in [0.05, 0.1) is 5.75 Å². The molecule has 1 atom stereocenters. The number of carboxylic acid groups (broad SMARTS) is 1. The van der Waals surface area contributed by atoms with Crippen molar-refractivity contribution in [3.05, 3.63) is 0 Å². The van der Waals surface area contributed by atoms with Crippen molar-refractivity contribution in [1.82, 2.24) is 10.6 Å². The number of hydrogen-bond donors (Lipinski definition) is 3. The van der Waals surface area contributed by atoms with Crippen LogP contribution < -0.4 is 10.6 Å². The number of rotatable bonds is 9. The summed E-state index contributed by atoms with van der Waals surface area (Å²) in [4.78, 5) is 21.7. The number of terminal acetylenes is 1. The van der Waals surface area contributed by atoms with Gasteiger partial charge in [-0.05, 0) is 19.8 Å². The van der Waals surface area contributed by atoms with E-state index in [1.807, 2.05) is 6.92 Å². The molecule has 0 spiro atoms. The van der Waals surface area contributed by atoms with Gasteiger partial charge in [-0.15, -0.1) is 18.2 Å². The second kappa shape index (κ2) is 10.8. The molecule has 0 saturated carbocycles. The van der Waals surface area contributed by atoms with E-state index in [9.17, 15) is 9.59 Å². The monoisotopic (exact) mass is 272 g/mol. The van der Waals surface area contributed by atoms with Crippen LogP contribution in [0.15, 0.2) is 0 Å². The van der Waals surface area contributed by atoms with E-state index in [0.29, 0.717) is 25.1 Å². The summed E-state index contributed by atoms with van der Waals surface area (Å²) in [6.45, 7) is 2.43. The predicted molar refractivity (Wildman–Crippen MR) is 73.6 cm³/mol. The van der Waals surface area contributed by atoms with Crippen LogP contribution in [-0.2, 0) is 4.79 Å². The maximum atomic E-state index is 11.4. The number of nitrogens with one attached hydrogen (secondary N) is 2. The number of aliphatic carboxylic acids is 1. The van der Waals surface area contributed by atoms with E-state index in [2.05, 4.69) is 16.6 Å². The summed E-state index contributed by atoms with van der Waals surface area (Å²) >= 11 is 1.59. The van der Waals surface area contributed by atoms with Crippen molar-refractivity contribution in [2.45, 2.75) is 32.2 Å². The van der Waals surface area contributed by atoms with Crippen LogP contribution >= 0.6 is 11.8 Å². The molecule has 0 aliphatic heterocycles. The first kappa shape index (κ1) is 16.6. The van der Waals surface area contributed by atoms with Crippen molar-refractivity contribution in [2.75, 3.05) is 18.1 Å². The zero-order chi connectivity index (χ0) is 13.8. The first-order valence-corrected chi connectivity index (χ1v) is 6.99. The van der Waals surface area contributed by atoms with Crippen LogP contribution in [0, 0.1) is 12.3 Å². The quantitative estimate of drug-likeness (QED) is 0.436. The Kier molecular flexibility index (Phi) is 9.97. The van der Waals surface area contributed by atoms with E-state index >= 15 is 0 Å². The van der Waals surface area contributed by atoms with Gasteiger partial charge in [-0.25, -0.2) is 4.79 Å². The molecule has 0 rings (SSSR count). The third-order valence-electron chi connectivity index (χ3n) is 2.12. The molecule has 18 heavy (non-hydrogen) atoms. The van der Waals surface area contributed by atoms with E-state index in [1.54, 1.807) is 11.8 Å². The molecular formula is C12H20N2O3S. The normalized spacial score (nSPS) is 11.3. The zero-order valence-corrected chi connectivity index (χ0v) is 11.4. The Labute approximate surface area is 112 Å². The van der Waals surface area contributed by atoms with Gasteiger partial charge in [-0.1, -0.05) is 5.92 Å². The summed E-state index contributed by atoms with van der Waals surface area (Å²) in [5.74, 6) is 3.13. The molecule has 0 aliphatic carbocycles. The van der Waals surface area contributed by atoms with E-state index in [0.717, 1.165) is 5.75 Å². The number of carboxylic acids is 1. The number of amides is 2. The summed E-state index contributed by atoms with van der Waals surface area (Å²) in [5, 5.41) is 13.9. The maximum Gasteiger partial charge on any atom is 0.315 e. The molecule has 6 heteroatoms. The van der Waals surface area contributed by atoms with Crippen molar-refractivity contribution < 1.29 is 14.7 Å². The Morgan fingerprint density at radius 2 is 2.22 bits per heavy atom. The Morgan fingerprint density at radius 1 is 1.50 bits per heavy atom. The lowest BCUT2D eigenvalue weighted by Crippen LogP contribution is -2.41. The van der Waals surface area contributed by atoms with Gasteiger partial charge in [0.15, 0.2) is 0 Å². The molecule has 0 aromatic carbocycles. The van der Waals surface area contributed by atoms with Gasteiger partial charge >= 0.3 is 12.0 Å². The highest BCUT2D eigenvalue weighted by Crippen LogP contribution is 2.00. The molecule has 1 unspecified atom stereocenters. The Balaban J connectivity index is 3.49. The van der Waals surface area contributed by atoms with Crippen LogP contribution in [0.5, 0.6) is 0 Å². The molecule has 0 fully saturated rings. The van der Waals surface area contributed by atoms with Crippen molar-refractivity contribution >= 4 is 23.8 Å². The van der Waals surface area contributed by atoms with Gasteiger partial charge in [-0.2, -0.15) is 0 Å². The Bertz CT molecular complexity index is 302. The minimum absolute atomic E-state index is 0.0253. The fraction of sp³-hybridized carbons (Fsp3) is 0.667. The first-order chi connectivity index (χ1) is 8.56. The average Bonchev–Trinajstić information content (AvgIpc) is 2.28. The minimum Gasteiger partial charge on any atom is -0.481 e. The molecule has 0 heterocycles. The van der Waals surface area contributed by atoms with E-state index in [4.69, 9.17) is 11.5 Å². The van der Waals surface area contributed by atoms with Gasteiger partial charge in [0.2, 0.25) is 0 Å². The van der Waals surface area contributed by atoms with Gasteiger partial charge in [0, 0.05) is 24.8 Å². The number of carbonyl (C=O) groups is 2. The predicted octanol–water partition coefficient (Wildman–Crippen LogP) is 1.30. The lowest BCUT2D eigenvalue weighted by Gasteiger charge is -2.13. The molecule has 102 valence electrons. The molecule has 0 aromatic heterocycles. The summed E-state index contributed by atoms with van der Waals surface area (Å²) in [6.07, 6.45) is 6.45. The van der Waals surface area contributed by atoms with E-state index in [-0.39, 0.29) is 18.5 Å². The van der Waals surface area contributed by atoms with Gasteiger partial charge in [-0.3, -0.25) is 4.79 Å². The molecule has 5 nitrogen and oxygen atoms in total. The summed E-state index contributed by atoms with van der Waals surface area (Å²) < 4.78 is 0. The highest BCUT2D eigenvalue weighted by atomic mass is 32.2. The molecule has 3 N–H and O–H groups in total.